The molecule has 0 heterocycles. The Bertz CT molecular complexity index is 337. The predicted octanol–water partition coefficient (Wildman–Crippen LogP) is 2.30. The Morgan fingerprint density at radius 1 is 1.43 bits per heavy atom. The summed E-state index contributed by atoms with van der Waals surface area (Å²) in [5.74, 6) is 0.0758. The first-order valence-corrected chi connectivity index (χ1v) is 4.76. The maximum Gasteiger partial charge on any atom is 0.186 e. The van der Waals surface area contributed by atoms with E-state index in [9.17, 15) is 0 Å². The summed E-state index contributed by atoms with van der Waals surface area (Å²) < 4.78 is 0.946. The van der Waals surface area contributed by atoms with Crippen LogP contribution >= 0.6 is 39.9 Å². The fourth-order valence-electron chi connectivity index (χ4n) is 0.841. The topological polar surface area (TPSA) is 64.4 Å². The van der Waals surface area contributed by atoms with Gasteiger partial charge in [-0.25, -0.2) is 4.99 Å². The number of hydrogen-bond donors (Lipinski definition) is 2. The van der Waals surface area contributed by atoms with Crippen LogP contribution in [0.3, 0.4) is 0 Å². The monoisotopic (exact) mass is 297 g/mol. The Balaban J connectivity index is 0.00000169. The van der Waals surface area contributed by atoms with Crippen LogP contribution in [0.4, 0.5) is 0 Å². The maximum atomic E-state index is 5.80. The minimum atomic E-state index is 0. The van der Waals surface area contributed by atoms with Crippen molar-refractivity contribution in [2.24, 2.45) is 16.5 Å². The van der Waals surface area contributed by atoms with Gasteiger partial charge in [0, 0.05) is 9.50 Å². The van der Waals surface area contributed by atoms with E-state index in [1.54, 1.807) is 6.07 Å². The van der Waals surface area contributed by atoms with Gasteiger partial charge in [-0.1, -0.05) is 27.5 Å². The highest BCUT2D eigenvalue weighted by atomic mass is 79.9. The summed E-state index contributed by atoms with van der Waals surface area (Å²) in [7, 11) is 0. The third kappa shape index (κ3) is 4.17. The third-order valence-electron chi connectivity index (χ3n) is 1.44. The molecule has 0 aliphatic rings. The second kappa shape index (κ2) is 6.11. The van der Waals surface area contributed by atoms with Crippen LogP contribution in [0, 0.1) is 0 Å². The first kappa shape index (κ1) is 13.5. The van der Waals surface area contributed by atoms with Gasteiger partial charge < -0.3 is 11.5 Å². The quantitative estimate of drug-likeness (QED) is 0.650. The number of nitrogens with zero attached hydrogens (tertiary/aromatic N) is 1. The second-order valence-electron chi connectivity index (χ2n) is 2.48. The van der Waals surface area contributed by atoms with Gasteiger partial charge in [-0.2, -0.15) is 0 Å². The van der Waals surface area contributed by atoms with Gasteiger partial charge in [-0.05, 0) is 23.8 Å². The van der Waals surface area contributed by atoms with Crippen LogP contribution in [0.15, 0.2) is 27.7 Å². The summed E-state index contributed by atoms with van der Waals surface area (Å²) in [4.78, 5) is 3.88. The van der Waals surface area contributed by atoms with Crippen molar-refractivity contribution in [1.29, 1.82) is 0 Å². The molecule has 1 aromatic rings. The van der Waals surface area contributed by atoms with Gasteiger partial charge >= 0.3 is 0 Å². The minimum absolute atomic E-state index is 0. The summed E-state index contributed by atoms with van der Waals surface area (Å²) in [5.41, 5.74) is 11.4. The van der Waals surface area contributed by atoms with E-state index in [0.29, 0.717) is 11.6 Å². The standard InChI is InChI=1S/C8H9BrClN3.ClH/c9-7-2-1-6(10)3-5(7)4-13-8(11)12;/h1-3H,4H2,(H4,11,12,13);1H. The van der Waals surface area contributed by atoms with Crippen molar-refractivity contribution in [3.05, 3.63) is 33.3 Å². The van der Waals surface area contributed by atoms with Crippen molar-refractivity contribution in [3.63, 3.8) is 0 Å². The number of rotatable bonds is 2. The summed E-state index contributed by atoms with van der Waals surface area (Å²) in [6, 6.07) is 5.47. The molecule has 14 heavy (non-hydrogen) atoms. The van der Waals surface area contributed by atoms with Crippen LogP contribution in [0.2, 0.25) is 5.02 Å². The van der Waals surface area contributed by atoms with E-state index in [1.165, 1.54) is 0 Å². The lowest BCUT2D eigenvalue weighted by Crippen LogP contribution is -2.22. The summed E-state index contributed by atoms with van der Waals surface area (Å²) >= 11 is 9.17. The molecule has 1 aromatic carbocycles. The predicted molar refractivity (Wildman–Crippen MR) is 65.9 cm³/mol. The molecular weight excluding hydrogens is 289 g/mol. The molecule has 0 aromatic heterocycles. The van der Waals surface area contributed by atoms with Crippen LogP contribution in [0.1, 0.15) is 5.56 Å². The average molecular weight is 299 g/mol. The largest absolute Gasteiger partial charge is 0.370 e. The highest BCUT2D eigenvalue weighted by Gasteiger charge is 1.99. The molecule has 4 N–H and O–H groups in total. The van der Waals surface area contributed by atoms with Gasteiger partial charge in [0.05, 0.1) is 6.54 Å². The third-order valence-corrected chi connectivity index (χ3v) is 2.45. The molecule has 0 unspecified atom stereocenters. The molecule has 0 amide bonds. The van der Waals surface area contributed by atoms with Crippen LogP contribution in [0.5, 0.6) is 0 Å². The van der Waals surface area contributed by atoms with Crippen molar-refractivity contribution >= 4 is 45.9 Å². The van der Waals surface area contributed by atoms with E-state index in [4.69, 9.17) is 23.1 Å². The van der Waals surface area contributed by atoms with Crippen LogP contribution < -0.4 is 11.5 Å². The zero-order valence-electron chi connectivity index (χ0n) is 7.21. The number of hydrogen-bond acceptors (Lipinski definition) is 1. The lowest BCUT2D eigenvalue weighted by atomic mass is 10.2. The van der Waals surface area contributed by atoms with Gasteiger partial charge in [0.1, 0.15) is 0 Å². The number of nitrogens with two attached hydrogens (primary N) is 2. The molecule has 0 fully saturated rings. The highest BCUT2D eigenvalue weighted by Crippen LogP contribution is 2.21. The molecule has 0 atom stereocenters. The first-order chi connectivity index (χ1) is 6.09. The number of aliphatic imine (C=N–C) groups is 1. The van der Waals surface area contributed by atoms with Crippen LogP contribution in [0.25, 0.3) is 0 Å². The van der Waals surface area contributed by atoms with Crippen molar-refractivity contribution in [3.8, 4) is 0 Å². The fourth-order valence-corrected chi connectivity index (χ4v) is 1.41. The Labute approximate surface area is 102 Å². The Kier molecular flexibility index (Phi) is 5.92. The molecule has 0 aliphatic carbocycles. The molecule has 0 aliphatic heterocycles. The van der Waals surface area contributed by atoms with Gasteiger partial charge in [0.25, 0.3) is 0 Å². The number of guanidine groups is 1. The molecule has 0 radical (unpaired) electrons. The van der Waals surface area contributed by atoms with Gasteiger partial charge in [0.15, 0.2) is 5.96 Å². The van der Waals surface area contributed by atoms with Crippen molar-refractivity contribution in [2.45, 2.75) is 6.54 Å². The highest BCUT2D eigenvalue weighted by molar-refractivity contribution is 9.10. The number of benzene rings is 1. The Morgan fingerprint density at radius 2 is 2.07 bits per heavy atom. The van der Waals surface area contributed by atoms with Gasteiger partial charge in [0.2, 0.25) is 0 Å². The Hall–Kier alpha value is -0.450. The minimum Gasteiger partial charge on any atom is -0.370 e. The normalized spacial score (nSPS) is 9.00. The van der Waals surface area contributed by atoms with Crippen LogP contribution in [-0.2, 0) is 6.54 Å². The summed E-state index contributed by atoms with van der Waals surface area (Å²) in [6.07, 6.45) is 0. The zero-order valence-corrected chi connectivity index (χ0v) is 10.4. The molecule has 6 heteroatoms. The molecule has 3 nitrogen and oxygen atoms in total. The molecular formula is C8H10BrCl2N3. The lowest BCUT2D eigenvalue weighted by Gasteiger charge is -2.01. The first-order valence-electron chi connectivity index (χ1n) is 3.59. The molecule has 78 valence electrons. The molecule has 0 bridgehead atoms. The van der Waals surface area contributed by atoms with E-state index in [-0.39, 0.29) is 18.4 Å². The molecule has 1 rings (SSSR count). The van der Waals surface area contributed by atoms with Crippen LogP contribution in [-0.4, -0.2) is 5.96 Å². The number of halogens is 3. The smallest absolute Gasteiger partial charge is 0.186 e. The summed E-state index contributed by atoms with van der Waals surface area (Å²) in [6.45, 7) is 0.434. The van der Waals surface area contributed by atoms with E-state index < -0.39 is 0 Å². The van der Waals surface area contributed by atoms with Crippen molar-refractivity contribution < 1.29 is 0 Å². The maximum absolute atomic E-state index is 5.80. The van der Waals surface area contributed by atoms with E-state index in [2.05, 4.69) is 20.9 Å². The van der Waals surface area contributed by atoms with Gasteiger partial charge in [-0.15, -0.1) is 12.4 Å². The molecule has 0 saturated heterocycles. The van der Waals surface area contributed by atoms with Crippen molar-refractivity contribution in [2.75, 3.05) is 0 Å². The fraction of sp³-hybridized carbons (Fsp3) is 0.125. The van der Waals surface area contributed by atoms with E-state index >= 15 is 0 Å². The molecule has 0 saturated carbocycles. The lowest BCUT2D eigenvalue weighted by molar-refractivity contribution is 1.05. The van der Waals surface area contributed by atoms with E-state index in [0.717, 1.165) is 10.0 Å². The molecule has 0 spiro atoms. The Morgan fingerprint density at radius 3 is 2.64 bits per heavy atom. The van der Waals surface area contributed by atoms with Crippen molar-refractivity contribution in [1.82, 2.24) is 0 Å². The SMILES string of the molecule is Cl.NC(N)=NCc1cc(Cl)ccc1Br. The second-order valence-corrected chi connectivity index (χ2v) is 3.77. The van der Waals surface area contributed by atoms with Gasteiger partial charge in [-0.3, -0.25) is 0 Å². The zero-order chi connectivity index (χ0) is 9.84. The average Bonchev–Trinajstić information content (AvgIpc) is 2.06. The van der Waals surface area contributed by atoms with E-state index in [1.807, 2.05) is 12.1 Å². The summed E-state index contributed by atoms with van der Waals surface area (Å²) in [5, 5.41) is 0.670.